The van der Waals surface area contributed by atoms with E-state index >= 15 is 0 Å². The van der Waals surface area contributed by atoms with Gasteiger partial charge in [-0.15, -0.1) is 0 Å². The fraction of sp³-hybridized carbons (Fsp3) is 0.333. The summed E-state index contributed by atoms with van der Waals surface area (Å²) in [6.07, 6.45) is 5.02. The molecular formula is C21H22N4O2. The molecular weight excluding hydrogens is 340 g/mol. The minimum absolute atomic E-state index is 0.106. The summed E-state index contributed by atoms with van der Waals surface area (Å²) in [4.78, 5) is 31.0. The SMILES string of the molecule is CC(Cc1cncc2ccccc12)C(=O)N1CCc2nn(C)c(=O)cc2C1. The number of fused-ring (bicyclic) bond motifs is 2. The van der Waals surface area contributed by atoms with Crippen molar-refractivity contribution in [3.8, 4) is 0 Å². The van der Waals surface area contributed by atoms with Crippen LogP contribution in [-0.4, -0.2) is 32.1 Å². The van der Waals surface area contributed by atoms with Crippen molar-refractivity contribution in [2.75, 3.05) is 6.54 Å². The van der Waals surface area contributed by atoms with E-state index in [0.717, 1.165) is 27.6 Å². The number of aryl methyl sites for hydroxylation is 1. The molecule has 1 aliphatic rings. The van der Waals surface area contributed by atoms with E-state index in [2.05, 4.69) is 16.1 Å². The van der Waals surface area contributed by atoms with Gasteiger partial charge in [-0.1, -0.05) is 31.2 Å². The molecule has 2 aromatic heterocycles. The first-order chi connectivity index (χ1) is 13.0. The molecule has 3 heterocycles. The summed E-state index contributed by atoms with van der Waals surface area (Å²) >= 11 is 0. The van der Waals surface area contributed by atoms with E-state index in [-0.39, 0.29) is 17.4 Å². The standard InChI is InChI=1S/C21H22N4O2/c1-14(9-16-12-22-11-15-5-3-4-6-18(15)16)21(27)25-8-7-19-17(13-25)10-20(26)24(2)23-19/h3-6,10-12,14H,7-9,13H2,1-2H3. The summed E-state index contributed by atoms with van der Waals surface area (Å²) in [6.45, 7) is 3.05. The van der Waals surface area contributed by atoms with E-state index in [1.165, 1.54) is 4.68 Å². The highest BCUT2D eigenvalue weighted by molar-refractivity contribution is 5.86. The smallest absolute Gasteiger partial charge is 0.266 e. The van der Waals surface area contributed by atoms with Crippen LogP contribution in [0.3, 0.4) is 0 Å². The summed E-state index contributed by atoms with van der Waals surface area (Å²) in [5.41, 5.74) is 2.71. The van der Waals surface area contributed by atoms with Crippen molar-refractivity contribution in [2.24, 2.45) is 13.0 Å². The number of benzene rings is 1. The number of hydrogen-bond acceptors (Lipinski definition) is 4. The number of rotatable bonds is 3. The Morgan fingerprint density at radius 3 is 2.93 bits per heavy atom. The maximum atomic E-state index is 13.0. The third-order valence-corrected chi connectivity index (χ3v) is 5.25. The van der Waals surface area contributed by atoms with Crippen LogP contribution >= 0.6 is 0 Å². The lowest BCUT2D eigenvalue weighted by atomic mass is 9.96. The van der Waals surface area contributed by atoms with Crippen molar-refractivity contribution in [1.82, 2.24) is 19.7 Å². The van der Waals surface area contributed by atoms with E-state index in [1.807, 2.05) is 42.4 Å². The highest BCUT2D eigenvalue weighted by Crippen LogP contribution is 2.23. The molecule has 27 heavy (non-hydrogen) atoms. The Morgan fingerprint density at radius 1 is 1.26 bits per heavy atom. The van der Waals surface area contributed by atoms with Gasteiger partial charge in [0.15, 0.2) is 0 Å². The van der Waals surface area contributed by atoms with E-state index in [4.69, 9.17) is 0 Å². The summed E-state index contributed by atoms with van der Waals surface area (Å²) < 4.78 is 1.35. The van der Waals surface area contributed by atoms with Crippen molar-refractivity contribution in [1.29, 1.82) is 0 Å². The van der Waals surface area contributed by atoms with Crippen LogP contribution in [-0.2, 0) is 31.2 Å². The van der Waals surface area contributed by atoms with Gasteiger partial charge < -0.3 is 4.90 Å². The van der Waals surface area contributed by atoms with E-state index < -0.39 is 0 Å². The van der Waals surface area contributed by atoms with Gasteiger partial charge in [-0.05, 0) is 17.4 Å². The van der Waals surface area contributed by atoms with Gasteiger partial charge in [-0.3, -0.25) is 14.6 Å². The molecule has 1 atom stereocenters. The lowest BCUT2D eigenvalue weighted by molar-refractivity contribution is -0.135. The molecule has 0 N–H and O–H groups in total. The summed E-state index contributed by atoms with van der Waals surface area (Å²) in [7, 11) is 1.65. The zero-order chi connectivity index (χ0) is 19.0. The zero-order valence-electron chi connectivity index (χ0n) is 15.6. The molecule has 1 unspecified atom stereocenters. The van der Waals surface area contributed by atoms with Crippen LogP contribution in [0.15, 0.2) is 47.5 Å². The van der Waals surface area contributed by atoms with Crippen molar-refractivity contribution < 1.29 is 4.79 Å². The average molecular weight is 362 g/mol. The van der Waals surface area contributed by atoms with Gasteiger partial charge in [0.2, 0.25) is 5.91 Å². The molecule has 1 aliphatic heterocycles. The lowest BCUT2D eigenvalue weighted by Crippen LogP contribution is -2.41. The van der Waals surface area contributed by atoms with Gasteiger partial charge in [0.05, 0.1) is 5.69 Å². The average Bonchev–Trinajstić information content (AvgIpc) is 2.68. The predicted molar refractivity (Wildman–Crippen MR) is 103 cm³/mol. The van der Waals surface area contributed by atoms with Gasteiger partial charge in [-0.25, -0.2) is 4.68 Å². The lowest BCUT2D eigenvalue weighted by Gasteiger charge is -2.30. The van der Waals surface area contributed by atoms with Gasteiger partial charge in [0.25, 0.3) is 5.56 Å². The minimum atomic E-state index is -0.154. The van der Waals surface area contributed by atoms with Crippen LogP contribution in [0.4, 0.5) is 0 Å². The minimum Gasteiger partial charge on any atom is -0.338 e. The second kappa shape index (κ2) is 6.95. The maximum absolute atomic E-state index is 13.0. The van der Waals surface area contributed by atoms with E-state index in [0.29, 0.717) is 25.9 Å². The molecule has 0 spiro atoms. The summed E-state index contributed by atoms with van der Waals surface area (Å²) in [6, 6.07) is 9.70. The van der Waals surface area contributed by atoms with Crippen LogP contribution in [0.25, 0.3) is 10.8 Å². The van der Waals surface area contributed by atoms with Crippen molar-refractivity contribution in [2.45, 2.75) is 26.3 Å². The predicted octanol–water partition coefficient (Wildman–Crippen LogP) is 2.09. The van der Waals surface area contributed by atoms with Gasteiger partial charge in [0.1, 0.15) is 0 Å². The third kappa shape index (κ3) is 3.35. The molecule has 0 fully saturated rings. The monoisotopic (exact) mass is 362 g/mol. The molecule has 6 nitrogen and oxygen atoms in total. The van der Waals surface area contributed by atoms with Crippen LogP contribution < -0.4 is 5.56 Å². The van der Waals surface area contributed by atoms with Crippen molar-refractivity contribution >= 4 is 16.7 Å². The second-order valence-corrected chi connectivity index (χ2v) is 7.21. The van der Waals surface area contributed by atoms with E-state index in [9.17, 15) is 9.59 Å². The number of aromatic nitrogens is 3. The summed E-state index contributed by atoms with van der Waals surface area (Å²) in [5, 5.41) is 6.54. The molecule has 0 radical (unpaired) electrons. The van der Waals surface area contributed by atoms with Gasteiger partial charge in [-0.2, -0.15) is 5.10 Å². The molecule has 1 aromatic carbocycles. The Hall–Kier alpha value is -3.02. The number of amides is 1. The number of carbonyl (C=O) groups excluding carboxylic acids is 1. The molecule has 0 saturated heterocycles. The molecule has 0 saturated carbocycles. The quantitative estimate of drug-likeness (QED) is 0.715. The Balaban J connectivity index is 1.52. The Labute approximate surface area is 157 Å². The first kappa shape index (κ1) is 17.4. The molecule has 1 amide bonds. The third-order valence-electron chi connectivity index (χ3n) is 5.25. The van der Waals surface area contributed by atoms with Crippen molar-refractivity contribution in [3.63, 3.8) is 0 Å². The van der Waals surface area contributed by atoms with Crippen LogP contribution in [0.2, 0.25) is 0 Å². The highest BCUT2D eigenvalue weighted by Gasteiger charge is 2.26. The van der Waals surface area contributed by atoms with Crippen molar-refractivity contribution in [3.05, 3.63) is 69.9 Å². The largest absolute Gasteiger partial charge is 0.338 e. The first-order valence-electron chi connectivity index (χ1n) is 9.19. The molecule has 138 valence electrons. The Bertz CT molecular complexity index is 1070. The topological polar surface area (TPSA) is 68.1 Å². The molecule has 0 bridgehead atoms. The maximum Gasteiger partial charge on any atom is 0.266 e. The zero-order valence-corrected chi connectivity index (χ0v) is 15.6. The number of carbonyl (C=O) groups is 1. The molecule has 6 heteroatoms. The fourth-order valence-corrected chi connectivity index (χ4v) is 3.75. The normalized spacial score (nSPS) is 14.8. The number of hydrogen-bond donors (Lipinski definition) is 0. The molecule has 4 rings (SSSR count). The van der Waals surface area contributed by atoms with Crippen LogP contribution in [0.1, 0.15) is 23.7 Å². The van der Waals surface area contributed by atoms with E-state index in [1.54, 1.807) is 13.1 Å². The summed E-state index contributed by atoms with van der Waals surface area (Å²) in [5.74, 6) is -0.0482. The highest BCUT2D eigenvalue weighted by atomic mass is 16.2. The first-order valence-corrected chi connectivity index (χ1v) is 9.19. The van der Waals surface area contributed by atoms with Gasteiger partial charge in [0, 0.05) is 61.9 Å². The van der Waals surface area contributed by atoms with Gasteiger partial charge >= 0.3 is 0 Å². The molecule has 0 aliphatic carbocycles. The fourth-order valence-electron chi connectivity index (χ4n) is 3.75. The number of pyridine rings is 1. The second-order valence-electron chi connectivity index (χ2n) is 7.21. The Kier molecular flexibility index (Phi) is 4.48. The molecule has 3 aromatic rings. The Morgan fingerprint density at radius 2 is 2.07 bits per heavy atom. The number of nitrogens with zero attached hydrogens (tertiary/aromatic N) is 4. The van der Waals surface area contributed by atoms with Crippen LogP contribution in [0.5, 0.6) is 0 Å². The van der Waals surface area contributed by atoms with Crippen LogP contribution in [0, 0.1) is 5.92 Å².